The van der Waals surface area contributed by atoms with Crippen LogP contribution in [0.3, 0.4) is 0 Å². The highest BCUT2D eigenvalue weighted by molar-refractivity contribution is 6.31. The maximum atomic E-state index is 12.8. The molecule has 0 radical (unpaired) electrons. The second-order valence-corrected chi connectivity index (χ2v) is 5.44. The third-order valence-electron chi connectivity index (χ3n) is 3.27. The topological polar surface area (TPSA) is 36.4 Å². The first-order chi connectivity index (χ1) is 10.1. The van der Waals surface area contributed by atoms with Crippen molar-refractivity contribution in [1.29, 1.82) is 0 Å². The molecule has 0 fully saturated rings. The molecular weight excluding hydrogens is 291 g/mol. The molecule has 1 aromatic heterocycles. The standard InChI is InChI=1S/C16H18ClFN2O/c1-20(11-12-4-2-3-5-14(12)17)9-8-16(21)15-7-6-13(18)10-19-15/h2-7,10,16,21H,8-9,11H2,1H3. The van der Waals surface area contributed by atoms with E-state index in [-0.39, 0.29) is 0 Å². The molecule has 1 aromatic carbocycles. The molecule has 2 rings (SSSR count). The number of aliphatic hydroxyl groups is 1. The zero-order valence-electron chi connectivity index (χ0n) is 11.8. The van der Waals surface area contributed by atoms with Crippen molar-refractivity contribution >= 4 is 11.6 Å². The van der Waals surface area contributed by atoms with Crippen molar-refractivity contribution in [2.24, 2.45) is 0 Å². The van der Waals surface area contributed by atoms with Gasteiger partial charge < -0.3 is 10.0 Å². The molecule has 0 bridgehead atoms. The van der Waals surface area contributed by atoms with E-state index >= 15 is 0 Å². The number of pyridine rings is 1. The van der Waals surface area contributed by atoms with Gasteiger partial charge in [-0.05, 0) is 37.2 Å². The minimum absolute atomic E-state index is 0.401. The molecule has 0 saturated carbocycles. The summed E-state index contributed by atoms with van der Waals surface area (Å²) in [5.74, 6) is -0.401. The molecule has 0 aliphatic carbocycles. The van der Waals surface area contributed by atoms with Crippen molar-refractivity contribution in [1.82, 2.24) is 9.88 Å². The summed E-state index contributed by atoms with van der Waals surface area (Å²) in [5.41, 5.74) is 1.54. The van der Waals surface area contributed by atoms with E-state index in [9.17, 15) is 9.50 Å². The van der Waals surface area contributed by atoms with Crippen LogP contribution < -0.4 is 0 Å². The molecule has 1 atom stereocenters. The van der Waals surface area contributed by atoms with E-state index in [1.807, 2.05) is 31.3 Å². The summed E-state index contributed by atoms with van der Waals surface area (Å²) >= 11 is 6.12. The van der Waals surface area contributed by atoms with E-state index in [0.717, 1.165) is 16.8 Å². The second kappa shape index (κ2) is 7.50. The van der Waals surface area contributed by atoms with Gasteiger partial charge in [-0.15, -0.1) is 0 Å². The summed E-state index contributed by atoms with van der Waals surface area (Å²) in [5, 5.41) is 10.8. The van der Waals surface area contributed by atoms with Crippen LogP contribution in [0, 0.1) is 5.82 Å². The zero-order valence-corrected chi connectivity index (χ0v) is 12.6. The fourth-order valence-electron chi connectivity index (χ4n) is 2.07. The third-order valence-corrected chi connectivity index (χ3v) is 3.64. The Morgan fingerprint density at radius 3 is 2.71 bits per heavy atom. The van der Waals surface area contributed by atoms with Gasteiger partial charge in [0.15, 0.2) is 0 Å². The largest absolute Gasteiger partial charge is 0.387 e. The summed E-state index contributed by atoms with van der Waals surface area (Å²) < 4.78 is 12.8. The molecule has 3 nitrogen and oxygen atoms in total. The van der Waals surface area contributed by atoms with E-state index in [4.69, 9.17) is 11.6 Å². The summed E-state index contributed by atoms with van der Waals surface area (Å²) in [6.45, 7) is 1.40. The van der Waals surface area contributed by atoms with E-state index in [1.54, 1.807) is 0 Å². The van der Waals surface area contributed by atoms with Gasteiger partial charge in [-0.2, -0.15) is 0 Å². The number of rotatable bonds is 6. The lowest BCUT2D eigenvalue weighted by Crippen LogP contribution is -2.21. The second-order valence-electron chi connectivity index (χ2n) is 5.03. The number of halogens is 2. The van der Waals surface area contributed by atoms with Gasteiger partial charge in [-0.3, -0.25) is 4.98 Å². The number of benzene rings is 1. The van der Waals surface area contributed by atoms with Gasteiger partial charge in [-0.25, -0.2) is 4.39 Å². The van der Waals surface area contributed by atoms with Crippen molar-refractivity contribution in [2.45, 2.75) is 19.1 Å². The van der Waals surface area contributed by atoms with Crippen molar-refractivity contribution in [2.75, 3.05) is 13.6 Å². The van der Waals surface area contributed by atoms with E-state index in [0.29, 0.717) is 25.2 Å². The molecule has 21 heavy (non-hydrogen) atoms. The van der Waals surface area contributed by atoms with Crippen LogP contribution in [-0.2, 0) is 6.54 Å². The van der Waals surface area contributed by atoms with E-state index < -0.39 is 11.9 Å². The van der Waals surface area contributed by atoms with Crippen LogP contribution in [0.15, 0.2) is 42.6 Å². The maximum Gasteiger partial charge on any atom is 0.141 e. The Kier molecular flexibility index (Phi) is 5.67. The number of hydrogen-bond acceptors (Lipinski definition) is 3. The summed E-state index contributed by atoms with van der Waals surface area (Å²) in [6, 6.07) is 10.5. The fourth-order valence-corrected chi connectivity index (χ4v) is 2.27. The van der Waals surface area contributed by atoms with Gasteiger partial charge in [0, 0.05) is 18.1 Å². The normalized spacial score (nSPS) is 12.6. The Morgan fingerprint density at radius 2 is 2.05 bits per heavy atom. The average molecular weight is 309 g/mol. The van der Waals surface area contributed by atoms with Gasteiger partial charge >= 0.3 is 0 Å². The highest BCUT2D eigenvalue weighted by atomic mass is 35.5. The molecule has 1 unspecified atom stereocenters. The predicted molar refractivity (Wildman–Crippen MR) is 81.6 cm³/mol. The Labute approximate surface area is 129 Å². The molecule has 0 saturated heterocycles. The molecule has 0 spiro atoms. The number of aliphatic hydroxyl groups excluding tert-OH is 1. The molecule has 1 heterocycles. The molecule has 112 valence electrons. The zero-order chi connectivity index (χ0) is 15.2. The van der Waals surface area contributed by atoms with Gasteiger partial charge in [0.05, 0.1) is 18.0 Å². The van der Waals surface area contributed by atoms with Crippen molar-refractivity contribution < 1.29 is 9.50 Å². The molecule has 2 aromatic rings. The smallest absolute Gasteiger partial charge is 0.141 e. The SMILES string of the molecule is CN(CCC(O)c1ccc(F)cn1)Cc1ccccc1Cl. The number of nitrogens with zero attached hydrogens (tertiary/aromatic N) is 2. The number of aromatic nitrogens is 1. The highest BCUT2D eigenvalue weighted by Crippen LogP contribution is 2.18. The quantitative estimate of drug-likeness (QED) is 0.888. The van der Waals surface area contributed by atoms with Crippen LogP contribution in [0.4, 0.5) is 4.39 Å². The molecule has 5 heteroatoms. The average Bonchev–Trinajstić information content (AvgIpc) is 2.48. The Balaban J connectivity index is 1.85. The summed E-state index contributed by atoms with van der Waals surface area (Å²) in [7, 11) is 1.97. The van der Waals surface area contributed by atoms with E-state index in [2.05, 4.69) is 9.88 Å². The first kappa shape index (κ1) is 15.9. The Bertz CT molecular complexity index is 577. The van der Waals surface area contributed by atoms with Crippen molar-refractivity contribution in [3.63, 3.8) is 0 Å². The van der Waals surface area contributed by atoms with Crippen molar-refractivity contribution in [3.8, 4) is 0 Å². The van der Waals surface area contributed by atoms with Crippen LogP contribution in [0.1, 0.15) is 23.8 Å². The van der Waals surface area contributed by atoms with Gasteiger partial charge in [0.2, 0.25) is 0 Å². The van der Waals surface area contributed by atoms with Gasteiger partial charge in [-0.1, -0.05) is 29.8 Å². The monoisotopic (exact) mass is 308 g/mol. The Hall–Kier alpha value is -1.49. The molecule has 0 aliphatic rings. The van der Waals surface area contributed by atoms with Crippen LogP contribution in [0.2, 0.25) is 5.02 Å². The minimum Gasteiger partial charge on any atom is -0.387 e. The van der Waals surface area contributed by atoms with Crippen LogP contribution in [0.5, 0.6) is 0 Å². The molecule has 0 amide bonds. The highest BCUT2D eigenvalue weighted by Gasteiger charge is 2.11. The van der Waals surface area contributed by atoms with E-state index in [1.165, 1.54) is 12.1 Å². The predicted octanol–water partition coefficient (Wildman–Crippen LogP) is 3.43. The van der Waals surface area contributed by atoms with Gasteiger partial charge in [0.25, 0.3) is 0 Å². The fraction of sp³-hybridized carbons (Fsp3) is 0.312. The summed E-state index contributed by atoms with van der Waals surface area (Å²) in [6.07, 6.45) is 0.949. The third kappa shape index (κ3) is 4.77. The first-order valence-corrected chi connectivity index (χ1v) is 7.15. The lowest BCUT2D eigenvalue weighted by atomic mass is 10.1. The Morgan fingerprint density at radius 1 is 1.29 bits per heavy atom. The summed E-state index contributed by atoms with van der Waals surface area (Å²) in [4.78, 5) is 5.97. The van der Waals surface area contributed by atoms with Gasteiger partial charge in [0.1, 0.15) is 5.82 Å². The lowest BCUT2D eigenvalue weighted by molar-refractivity contribution is 0.143. The molecule has 1 N–H and O–H groups in total. The molecule has 0 aliphatic heterocycles. The number of hydrogen-bond donors (Lipinski definition) is 1. The maximum absolute atomic E-state index is 12.8. The van der Waals surface area contributed by atoms with Crippen molar-refractivity contribution in [3.05, 3.63) is 64.7 Å². The molecular formula is C16H18ClFN2O. The lowest BCUT2D eigenvalue weighted by Gasteiger charge is -2.19. The van der Waals surface area contributed by atoms with Crippen LogP contribution in [0.25, 0.3) is 0 Å². The first-order valence-electron chi connectivity index (χ1n) is 6.77. The van der Waals surface area contributed by atoms with Crippen LogP contribution in [-0.4, -0.2) is 28.6 Å². The van der Waals surface area contributed by atoms with Crippen LogP contribution >= 0.6 is 11.6 Å². The minimum atomic E-state index is -0.695.